The van der Waals surface area contributed by atoms with Crippen LogP contribution >= 0.6 is 0 Å². The lowest BCUT2D eigenvalue weighted by atomic mass is 9.86. The fourth-order valence-corrected chi connectivity index (χ4v) is 3.69. The summed E-state index contributed by atoms with van der Waals surface area (Å²) in [6.07, 6.45) is 6.49. The second-order valence-corrected chi connectivity index (χ2v) is 6.01. The van der Waals surface area contributed by atoms with Crippen molar-refractivity contribution in [1.82, 2.24) is 10.2 Å². The molecule has 0 saturated carbocycles. The Balaban J connectivity index is 1.81. The van der Waals surface area contributed by atoms with E-state index in [1.54, 1.807) is 11.1 Å². The van der Waals surface area contributed by atoms with Crippen molar-refractivity contribution < 1.29 is 0 Å². The second kappa shape index (κ2) is 6.06. The largest absolute Gasteiger partial charge is 0.313 e. The third kappa shape index (κ3) is 2.85. The summed E-state index contributed by atoms with van der Waals surface area (Å²) in [5.74, 6) is 0. The van der Waals surface area contributed by atoms with E-state index in [0.717, 1.165) is 0 Å². The molecular formula is C17H26N2. The van der Waals surface area contributed by atoms with E-state index in [1.807, 2.05) is 0 Å². The van der Waals surface area contributed by atoms with Crippen molar-refractivity contribution in [3.8, 4) is 0 Å². The molecule has 0 amide bonds. The summed E-state index contributed by atoms with van der Waals surface area (Å²) in [5.41, 5.74) is 3.19. The third-order valence-electron chi connectivity index (χ3n) is 4.78. The van der Waals surface area contributed by atoms with Crippen LogP contribution < -0.4 is 5.32 Å². The first-order valence-electron chi connectivity index (χ1n) is 7.93. The van der Waals surface area contributed by atoms with Crippen LogP contribution in [0.2, 0.25) is 0 Å². The summed E-state index contributed by atoms with van der Waals surface area (Å²) < 4.78 is 0. The summed E-state index contributed by atoms with van der Waals surface area (Å²) in [7, 11) is 0. The van der Waals surface area contributed by atoms with Gasteiger partial charge in [-0.3, -0.25) is 4.90 Å². The highest BCUT2D eigenvalue weighted by Crippen LogP contribution is 2.34. The minimum atomic E-state index is 0.666. The Hall–Kier alpha value is -0.860. The molecule has 2 unspecified atom stereocenters. The van der Waals surface area contributed by atoms with Gasteiger partial charge in [0, 0.05) is 25.2 Å². The zero-order valence-electron chi connectivity index (χ0n) is 12.1. The molecule has 0 aromatic heterocycles. The molecule has 2 nitrogen and oxygen atoms in total. The van der Waals surface area contributed by atoms with Gasteiger partial charge in [-0.25, -0.2) is 0 Å². The summed E-state index contributed by atoms with van der Waals surface area (Å²) in [6.45, 7) is 5.96. The van der Waals surface area contributed by atoms with E-state index in [0.29, 0.717) is 12.1 Å². The molecule has 2 atom stereocenters. The molecule has 104 valence electrons. The minimum Gasteiger partial charge on any atom is -0.313 e. The van der Waals surface area contributed by atoms with Gasteiger partial charge in [0.2, 0.25) is 0 Å². The zero-order valence-corrected chi connectivity index (χ0v) is 12.1. The Morgan fingerprint density at radius 2 is 2.16 bits per heavy atom. The lowest BCUT2D eigenvalue weighted by molar-refractivity contribution is 0.174. The van der Waals surface area contributed by atoms with Gasteiger partial charge in [-0.1, -0.05) is 31.2 Å². The van der Waals surface area contributed by atoms with E-state index in [9.17, 15) is 0 Å². The van der Waals surface area contributed by atoms with Gasteiger partial charge in [-0.15, -0.1) is 0 Å². The molecule has 0 spiro atoms. The van der Waals surface area contributed by atoms with Crippen molar-refractivity contribution >= 4 is 0 Å². The van der Waals surface area contributed by atoms with Gasteiger partial charge in [0.15, 0.2) is 0 Å². The SMILES string of the molecule is CCC1CN(C2CCCc3ccccc32)CCCN1. The molecule has 1 aliphatic heterocycles. The average molecular weight is 258 g/mol. The lowest BCUT2D eigenvalue weighted by Crippen LogP contribution is -2.39. The Bertz CT molecular complexity index is 415. The molecular weight excluding hydrogens is 232 g/mol. The summed E-state index contributed by atoms with van der Waals surface area (Å²) >= 11 is 0. The molecule has 1 aromatic carbocycles. The fraction of sp³-hybridized carbons (Fsp3) is 0.647. The fourth-order valence-electron chi connectivity index (χ4n) is 3.69. The third-order valence-corrected chi connectivity index (χ3v) is 4.78. The minimum absolute atomic E-state index is 0.666. The van der Waals surface area contributed by atoms with Gasteiger partial charge >= 0.3 is 0 Å². The number of aryl methyl sites for hydroxylation is 1. The molecule has 1 heterocycles. The maximum Gasteiger partial charge on any atom is 0.0351 e. The molecule has 1 aliphatic carbocycles. The van der Waals surface area contributed by atoms with Gasteiger partial charge in [0.1, 0.15) is 0 Å². The summed E-state index contributed by atoms with van der Waals surface area (Å²) in [6, 6.07) is 10.4. The number of hydrogen-bond acceptors (Lipinski definition) is 2. The van der Waals surface area contributed by atoms with E-state index < -0.39 is 0 Å². The van der Waals surface area contributed by atoms with Crippen LogP contribution in [0, 0.1) is 0 Å². The highest BCUT2D eigenvalue weighted by Gasteiger charge is 2.27. The highest BCUT2D eigenvalue weighted by molar-refractivity contribution is 5.32. The molecule has 1 saturated heterocycles. The van der Waals surface area contributed by atoms with E-state index in [2.05, 4.69) is 41.4 Å². The van der Waals surface area contributed by atoms with Crippen LogP contribution in [0.5, 0.6) is 0 Å². The first-order valence-corrected chi connectivity index (χ1v) is 7.93. The van der Waals surface area contributed by atoms with Crippen molar-refractivity contribution in [2.75, 3.05) is 19.6 Å². The molecule has 3 rings (SSSR count). The van der Waals surface area contributed by atoms with Gasteiger partial charge < -0.3 is 5.32 Å². The standard InChI is InChI=1S/C17H26N2/c1-2-15-13-19(12-6-11-18-15)17-10-5-8-14-7-3-4-9-16(14)17/h3-4,7,9,15,17-18H,2,5-6,8,10-13H2,1H3. The van der Waals surface area contributed by atoms with E-state index >= 15 is 0 Å². The molecule has 0 radical (unpaired) electrons. The number of nitrogens with zero attached hydrogens (tertiary/aromatic N) is 1. The lowest BCUT2D eigenvalue weighted by Gasteiger charge is -2.36. The van der Waals surface area contributed by atoms with Gasteiger partial charge in [0.05, 0.1) is 0 Å². The Morgan fingerprint density at radius 1 is 1.26 bits per heavy atom. The maximum atomic E-state index is 3.68. The molecule has 1 N–H and O–H groups in total. The molecule has 19 heavy (non-hydrogen) atoms. The van der Waals surface area contributed by atoms with Crippen LogP contribution in [0.3, 0.4) is 0 Å². The first-order chi connectivity index (χ1) is 9.38. The maximum absolute atomic E-state index is 3.68. The van der Waals surface area contributed by atoms with Gasteiger partial charge in [0.25, 0.3) is 0 Å². The topological polar surface area (TPSA) is 15.3 Å². The quantitative estimate of drug-likeness (QED) is 0.876. The van der Waals surface area contributed by atoms with Crippen molar-refractivity contribution in [2.45, 2.75) is 51.1 Å². The predicted molar refractivity (Wildman–Crippen MR) is 80.4 cm³/mol. The Kier molecular flexibility index (Phi) is 4.19. The summed E-state index contributed by atoms with van der Waals surface area (Å²) in [4.78, 5) is 2.74. The van der Waals surface area contributed by atoms with Gasteiger partial charge in [-0.05, 0) is 49.8 Å². The average Bonchev–Trinajstić information content (AvgIpc) is 2.72. The van der Waals surface area contributed by atoms with Crippen molar-refractivity contribution in [1.29, 1.82) is 0 Å². The van der Waals surface area contributed by atoms with Crippen LogP contribution in [-0.4, -0.2) is 30.6 Å². The number of benzene rings is 1. The van der Waals surface area contributed by atoms with E-state index in [-0.39, 0.29) is 0 Å². The van der Waals surface area contributed by atoms with Crippen LogP contribution in [0.4, 0.5) is 0 Å². The summed E-state index contributed by atoms with van der Waals surface area (Å²) in [5, 5.41) is 3.68. The number of hydrogen-bond donors (Lipinski definition) is 1. The Labute approximate surface area is 117 Å². The van der Waals surface area contributed by atoms with Crippen LogP contribution in [0.25, 0.3) is 0 Å². The molecule has 1 fully saturated rings. The molecule has 1 aromatic rings. The molecule has 2 aliphatic rings. The monoisotopic (exact) mass is 258 g/mol. The van der Waals surface area contributed by atoms with E-state index in [1.165, 1.54) is 51.7 Å². The number of rotatable bonds is 2. The highest BCUT2D eigenvalue weighted by atomic mass is 15.2. The Morgan fingerprint density at radius 3 is 3.05 bits per heavy atom. The van der Waals surface area contributed by atoms with Crippen molar-refractivity contribution in [3.63, 3.8) is 0 Å². The molecule has 0 bridgehead atoms. The van der Waals surface area contributed by atoms with Crippen LogP contribution in [0.1, 0.15) is 49.8 Å². The van der Waals surface area contributed by atoms with Crippen LogP contribution in [0.15, 0.2) is 24.3 Å². The van der Waals surface area contributed by atoms with Crippen LogP contribution in [-0.2, 0) is 6.42 Å². The molecule has 2 heteroatoms. The smallest absolute Gasteiger partial charge is 0.0351 e. The zero-order chi connectivity index (χ0) is 13.1. The predicted octanol–water partition coefficient (Wildman–Crippen LogP) is 3.14. The van der Waals surface area contributed by atoms with Crippen molar-refractivity contribution in [3.05, 3.63) is 35.4 Å². The number of fused-ring (bicyclic) bond motifs is 1. The van der Waals surface area contributed by atoms with Crippen molar-refractivity contribution in [2.24, 2.45) is 0 Å². The second-order valence-electron chi connectivity index (χ2n) is 6.01. The first kappa shape index (κ1) is 13.1. The van der Waals surface area contributed by atoms with Gasteiger partial charge in [-0.2, -0.15) is 0 Å². The normalized spacial score (nSPS) is 28.7. The van der Waals surface area contributed by atoms with E-state index in [4.69, 9.17) is 0 Å². The number of nitrogens with one attached hydrogen (secondary N) is 1.